The third kappa shape index (κ3) is 3.75. The molecule has 26 heavy (non-hydrogen) atoms. The third-order valence-corrected chi connectivity index (χ3v) is 4.33. The number of hydrogen-bond donors (Lipinski definition) is 2. The number of hydrogen-bond acceptors (Lipinski definition) is 5. The molecular formula is C16H12Cl3N3O4. The third-order valence-electron chi connectivity index (χ3n) is 3.59. The summed E-state index contributed by atoms with van der Waals surface area (Å²) in [6.45, 7) is 0. The molecule has 0 aliphatic rings. The number of benzene rings is 1. The van der Waals surface area contributed by atoms with Gasteiger partial charge in [0.1, 0.15) is 12.1 Å². The zero-order chi connectivity index (χ0) is 18.1. The van der Waals surface area contributed by atoms with Gasteiger partial charge in [-0.2, -0.15) is 5.10 Å². The average Bonchev–Trinajstić information content (AvgIpc) is 3.03. The molecule has 0 spiro atoms. The fraction of sp³-hybridized carbons (Fsp3) is 0.125. The minimum Gasteiger partial charge on any atom is -0.510 e. The maximum Gasteiger partial charge on any atom is 0.303 e. The normalized spacial score (nSPS) is 11.9. The molecular weight excluding hydrogens is 405 g/mol. The molecule has 7 nitrogen and oxygen atoms in total. The molecule has 0 amide bonds. The summed E-state index contributed by atoms with van der Waals surface area (Å²) in [4.78, 5) is 27.3. The minimum absolute atomic E-state index is 0. The summed E-state index contributed by atoms with van der Waals surface area (Å²) >= 11 is 11.9. The van der Waals surface area contributed by atoms with Crippen molar-refractivity contribution < 1.29 is 15.0 Å². The quantitative estimate of drug-likeness (QED) is 0.677. The number of aliphatic hydroxyl groups excluding tert-OH is 1. The Labute approximate surface area is 162 Å². The van der Waals surface area contributed by atoms with Gasteiger partial charge in [-0.25, -0.2) is 9.50 Å². The highest BCUT2D eigenvalue weighted by atomic mass is 35.5. The van der Waals surface area contributed by atoms with Crippen molar-refractivity contribution in [2.45, 2.75) is 12.8 Å². The zero-order valence-electron chi connectivity index (χ0n) is 13.0. The van der Waals surface area contributed by atoms with Gasteiger partial charge in [-0.3, -0.25) is 9.59 Å². The molecule has 0 fully saturated rings. The molecule has 10 heteroatoms. The lowest BCUT2D eigenvalue weighted by Gasteiger charge is -2.06. The SMILES string of the molecule is Cl.O=C(O)CCC(O)=c1c(=O)cc(-c2ccc(Cl)c(Cl)c2)c2ncnn12. The number of aliphatic carboxylic acids is 1. The number of fused-ring (bicyclic) bond motifs is 1. The Morgan fingerprint density at radius 1 is 1.12 bits per heavy atom. The molecule has 3 aromatic rings. The van der Waals surface area contributed by atoms with Crippen LogP contribution in [-0.2, 0) is 4.79 Å². The maximum absolute atomic E-state index is 12.5. The number of carboxylic acid groups (broad SMARTS) is 1. The molecule has 3 rings (SSSR count). The predicted octanol–water partition coefficient (Wildman–Crippen LogP) is 2.74. The van der Waals surface area contributed by atoms with Gasteiger partial charge in [0.2, 0.25) is 5.43 Å². The first-order valence-corrected chi connectivity index (χ1v) is 7.90. The van der Waals surface area contributed by atoms with Crippen LogP contribution in [0.2, 0.25) is 10.0 Å². The summed E-state index contributed by atoms with van der Waals surface area (Å²) in [5, 5.41) is 23.4. The summed E-state index contributed by atoms with van der Waals surface area (Å²) in [7, 11) is 0. The van der Waals surface area contributed by atoms with Crippen LogP contribution in [0.1, 0.15) is 12.8 Å². The molecule has 0 bridgehead atoms. The van der Waals surface area contributed by atoms with E-state index in [1.807, 2.05) is 0 Å². The van der Waals surface area contributed by atoms with Crippen LogP contribution in [0.25, 0.3) is 22.5 Å². The number of rotatable bonds is 4. The highest BCUT2D eigenvalue weighted by Gasteiger charge is 2.14. The van der Waals surface area contributed by atoms with Gasteiger partial charge in [0.15, 0.2) is 11.0 Å². The Morgan fingerprint density at radius 3 is 2.50 bits per heavy atom. The van der Waals surface area contributed by atoms with Gasteiger partial charge in [-0.1, -0.05) is 29.3 Å². The van der Waals surface area contributed by atoms with E-state index >= 15 is 0 Å². The number of carboxylic acids is 1. The van der Waals surface area contributed by atoms with Gasteiger partial charge in [0.05, 0.1) is 16.5 Å². The first kappa shape index (κ1) is 20.0. The maximum atomic E-state index is 12.5. The molecule has 2 aromatic heterocycles. The molecule has 0 aliphatic carbocycles. The average molecular weight is 417 g/mol. The first-order valence-electron chi connectivity index (χ1n) is 7.14. The Morgan fingerprint density at radius 2 is 1.85 bits per heavy atom. The van der Waals surface area contributed by atoms with Gasteiger partial charge in [-0.15, -0.1) is 12.4 Å². The van der Waals surface area contributed by atoms with Crippen LogP contribution in [0.3, 0.4) is 0 Å². The highest BCUT2D eigenvalue weighted by Crippen LogP contribution is 2.29. The van der Waals surface area contributed by atoms with Crippen molar-refractivity contribution in [1.29, 1.82) is 0 Å². The zero-order valence-corrected chi connectivity index (χ0v) is 15.3. The molecule has 0 unspecified atom stereocenters. The van der Waals surface area contributed by atoms with Crippen molar-refractivity contribution in [3.05, 3.63) is 56.2 Å². The van der Waals surface area contributed by atoms with Gasteiger partial charge >= 0.3 is 5.97 Å². The van der Waals surface area contributed by atoms with E-state index in [-0.39, 0.29) is 36.4 Å². The van der Waals surface area contributed by atoms with Crippen LogP contribution in [0.15, 0.2) is 35.4 Å². The van der Waals surface area contributed by atoms with Crippen molar-refractivity contribution >= 4 is 53.0 Å². The smallest absolute Gasteiger partial charge is 0.303 e. The number of halogens is 3. The van der Waals surface area contributed by atoms with Crippen LogP contribution in [0.4, 0.5) is 0 Å². The lowest BCUT2D eigenvalue weighted by Crippen LogP contribution is -2.34. The summed E-state index contributed by atoms with van der Waals surface area (Å²) in [6.07, 6.45) is 0.742. The monoisotopic (exact) mass is 415 g/mol. The fourth-order valence-corrected chi connectivity index (χ4v) is 2.74. The van der Waals surface area contributed by atoms with Gasteiger partial charge in [-0.05, 0) is 23.8 Å². The van der Waals surface area contributed by atoms with Crippen molar-refractivity contribution in [2.24, 2.45) is 0 Å². The van der Waals surface area contributed by atoms with E-state index < -0.39 is 11.4 Å². The van der Waals surface area contributed by atoms with E-state index in [4.69, 9.17) is 28.3 Å². The number of nitrogens with zero attached hydrogens (tertiary/aromatic N) is 3. The van der Waals surface area contributed by atoms with Crippen LogP contribution in [0, 0.1) is 0 Å². The highest BCUT2D eigenvalue weighted by molar-refractivity contribution is 6.42. The largest absolute Gasteiger partial charge is 0.510 e. The summed E-state index contributed by atoms with van der Waals surface area (Å²) in [5.41, 5.74) is 0.897. The fourth-order valence-electron chi connectivity index (χ4n) is 2.44. The number of pyridine rings is 1. The number of aliphatic hydroxyl groups is 1. The van der Waals surface area contributed by atoms with E-state index in [0.29, 0.717) is 26.8 Å². The molecule has 0 saturated heterocycles. The second-order valence-electron chi connectivity index (χ2n) is 5.24. The summed E-state index contributed by atoms with van der Waals surface area (Å²) in [6, 6.07) is 6.18. The molecule has 1 aromatic carbocycles. The van der Waals surface area contributed by atoms with Gasteiger partial charge < -0.3 is 10.2 Å². The van der Waals surface area contributed by atoms with E-state index in [1.54, 1.807) is 18.2 Å². The van der Waals surface area contributed by atoms with Crippen molar-refractivity contribution in [3.8, 4) is 11.1 Å². The van der Waals surface area contributed by atoms with Gasteiger partial charge in [0.25, 0.3) is 0 Å². The van der Waals surface area contributed by atoms with Crippen LogP contribution in [0.5, 0.6) is 0 Å². The van der Waals surface area contributed by atoms with E-state index in [9.17, 15) is 14.7 Å². The molecule has 2 N–H and O–H groups in total. The van der Waals surface area contributed by atoms with Gasteiger partial charge in [0, 0.05) is 12.0 Å². The number of carbonyl (C=O) groups is 1. The van der Waals surface area contributed by atoms with Crippen LogP contribution in [-0.4, -0.2) is 30.8 Å². The van der Waals surface area contributed by atoms with E-state index in [0.717, 1.165) is 0 Å². The Kier molecular flexibility index (Phi) is 6.07. The molecule has 2 heterocycles. The minimum atomic E-state index is -1.08. The summed E-state index contributed by atoms with van der Waals surface area (Å²) in [5.74, 6) is -1.44. The first-order chi connectivity index (χ1) is 11.9. The standard InChI is InChI=1S/C16H11Cl2N3O4.ClH/c17-10-2-1-8(5-11(10)18)9-6-13(23)15(12(22)3-4-14(24)25)21-16(9)19-7-20-21;/h1-2,5-7,22H,3-4H2,(H,24,25);1H. The molecule has 0 atom stereocenters. The molecule has 136 valence electrons. The van der Waals surface area contributed by atoms with Crippen molar-refractivity contribution in [3.63, 3.8) is 0 Å². The molecule has 0 saturated carbocycles. The summed E-state index contributed by atoms with van der Waals surface area (Å²) < 4.78 is 1.19. The lowest BCUT2D eigenvalue weighted by molar-refractivity contribution is -0.136. The Bertz CT molecular complexity index is 1100. The topological polar surface area (TPSA) is 105 Å². The second kappa shape index (κ2) is 7.90. The molecule has 0 radical (unpaired) electrons. The van der Waals surface area contributed by atoms with Crippen molar-refractivity contribution in [2.75, 3.05) is 0 Å². The Balaban J connectivity index is 0.00000243. The second-order valence-corrected chi connectivity index (χ2v) is 6.05. The van der Waals surface area contributed by atoms with Crippen molar-refractivity contribution in [1.82, 2.24) is 14.6 Å². The lowest BCUT2D eigenvalue weighted by atomic mass is 10.1. The molecule has 0 aliphatic heterocycles. The van der Waals surface area contributed by atoms with Crippen LogP contribution >= 0.6 is 35.6 Å². The van der Waals surface area contributed by atoms with Crippen LogP contribution < -0.4 is 10.8 Å². The van der Waals surface area contributed by atoms with E-state index in [1.165, 1.54) is 16.9 Å². The Hall–Kier alpha value is -2.35. The number of aromatic nitrogens is 3. The predicted molar refractivity (Wildman–Crippen MR) is 100 cm³/mol. The van der Waals surface area contributed by atoms with E-state index in [2.05, 4.69) is 10.1 Å².